The Kier molecular flexibility index (Phi) is 8.87. The number of carbonyl (C=O) groups excluding carboxylic acids is 1. The molecule has 1 saturated heterocycles. The van der Waals surface area contributed by atoms with E-state index in [2.05, 4.69) is 10.3 Å². The number of rotatable bonds is 9. The fourth-order valence-corrected chi connectivity index (χ4v) is 6.98. The molecule has 1 unspecified atom stereocenters. The molecule has 1 fully saturated rings. The van der Waals surface area contributed by atoms with Crippen LogP contribution in [0.25, 0.3) is 0 Å². The molecule has 3 aromatic rings. The summed E-state index contributed by atoms with van der Waals surface area (Å²) in [6.07, 6.45) is -5.33. The number of hydrogen-bond donors (Lipinski definition) is 1. The van der Waals surface area contributed by atoms with E-state index in [9.17, 15) is 35.3 Å². The highest BCUT2D eigenvalue weighted by molar-refractivity contribution is 7.85. The Bertz CT molecular complexity index is 1610. The molecule has 5 rings (SSSR count). The summed E-state index contributed by atoms with van der Waals surface area (Å²) < 4.78 is 85.3. The fraction of sp³-hybridized carbons (Fsp3) is 0.440. The highest BCUT2D eigenvalue weighted by Crippen LogP contribution is 2.38. The van der Waals surface area contributed by atoms with Crippen LogP contribution < -0.4 is 0 Å². The summed E-state index contributed by atoms with van der Waals surface area (Å²) >= 11 is 7.75. The third-order valence-electron chi connectivity index (χ3n) is 7.05. The Morgan fingerprint density at radius 3 is 2.60 bits per heavy atom. The first-order valence-corrected chi connectivity index (χ1v) is 15.6. The van der Waals surface area contributed by atoms with Crippen molar-refractivity contribution >= 4 is 44.7 Å². The largest absolute Gasteiger partial charge is 0.387 e. The molecule has 10 nitrogen and oxygen atoms in total. The number of aromatic nitrogens is 3. The van der Waals surface area contributed by atoms with Crippen LogP contribution >= 0.6 is 22.9 Å². The van der Waals surface area contributed by atoms with Crippen molar-refractivity contribution in [1.29, 1.82) is 0 Å². The van der Waals surface area contributed by atoms with E-state index in [4.69, 9.17) is 21.4 Å². The van der Waals surface area contributed by atoms with Crippen molar-refractivity contribution in [2.75, 3.05) is 13.1 Å². The number of carbonyl (C=O) groups is 1. The minimum Gasteiger partial charge on any atom is -0.387 e. The normalized spacial score (nSPS) is 18.1. The molecule has 1 atom stereocenters. The van der Waals surface area contributed by atoms with E-state index < -0.39 is 58.7 Å². The summed E-state index contributed by atoms with van der Waals surface area (Å²) in [6.45, 7) is 0.109. The summed E-state index contributed by atoms with van der Waals surface area (Å²) in [7, 11) is -4.30. The molecule has 17 heteroatoms. The number of likely N-dealkylation sites (tertiary alicyclic amines) is 1. The predicted octanol–water partition coefficient (Wildman–Crippen LogP) is 5.53. The van der Waals surface area contributed by atoms with Crippen LogP contribution in [0.2, 0.25) is 5.02 Å². The van der Waals surface area contributed by atoms with Gasteiger partial charge >= 0.3 is 0 Å². The number of nitrogens with zero attached hydrogens (tertiary/aromatic N) is 5. The molecule has 2 aliphatic heterocycles. The Morgan fingerprint density at radius 1 is 1.19 bits per heavy atom. The summed E-state index contributed by atoms with van der Waals surface area (Å²) in [5.74, 6) is -1.08. The van der Waals surface area contributed by atoms with Gasteiger partial charge in [0, 0.05) is 41.4 Å². The maximum atomic E-state index is 13.3. The van der Waals surface area contributed by atoms with Gasteiger partial charge in [0.2, 0.25) is 5.91 Å². The van der Waals surface area contributed by atoms with E-state index in [1.165, 1.54) is 16.2 Å². The molecule has 1 N–H and O–H groups in total. The van der Waals surface area contributed by atoms with Crippen LogP contribution in [0.4, 0.5) is 17.6 Å². The number of amides is 1. The molecule has 2 aromatic heterocycles. The van der Waals surface area contributed by atoms with Gasteiger partial charge in [-0.1, -0.05) is 28.9 Å². The maximum Gasteiger partial charge on any atom is 0.282 e. The fourth-order valence-electron chi connectivity index (χ4n) is 5.02. The van der Waals surface area contributed by atoms with Crippen molar-refractivity contribution in [2.24, 2.45) is 5.16 Å². The van der Waals surface area contributed by atoms with Gasteiger partial charge in [-0.05, 0) is 30.5 Å². The number of alkyl halides is 4. The lowest BCUT2D eigenvalue weighted by molar-refractivity contribution is -0.133. The van der Waals surface area contributed by atoms with Gasteiger partial charge in [0.05, 0.1) is 10.7 Å². The van der Waals surface area contributed by atoms with Gasteiger partial charge in [0.15, 0.2) is 6.10 Å². The number of piperidine rings is 1. The molecule has 0 radical (unpaired) electrons. The number of thiazole rings is 1. The van der Waals surface area contributed by atoms with Gasteiger partial charge in [-0.25, -0.2) is 22.5 Å². The maximum absolute atomic E-state index is 13.3. The van der Waals surface area contributed by atoms with Crippen molar-refractivity contribution in [3.05, 3.63) is 67.9 Å². The third-order valence-corrected chi connectivity index (χ3v) is 9.06. The second-order valence-electron chi connectivity index (χ2n) is 9.85. The molecule has 4 heterocycles. The van der Waals surface area contributed by atoms with E-state index >= 15 is 0 Å². The van der Waals surface area contributed by atoms with Gasteiger partial charge in [-0.3, -0.25) is 14.0 Å². The molecule has 0 bridgehead atoms. The minimum absolute atomic E-state index is 0.0308. The van der Waals surface area contributed by atoms with Crippen molar-refractivity contribution in [2.45, 2.75) is 56.4 Å². The van der Waals surface area contributed by atoms with E-state index in [0.29, 0.717) is 59.2 Å². The van der Waals surface area contributed by atoms with E-state index in [1.807, 2.05) is 5.38 Å². The van der Waals surface area contributed by atoms with E-state index in [0.717, 1.165) is 5.01 Å². The Morgan fingerprint density at radius 2 is 1.93 bits per heavy atom. The molecular formula is C25H24ClF4N5O5S2. The Hall–Kier alpha value is -3.08. The first kappa shape index (κ1) is 30.4. The zero-order valence-corrected chi connectivity index (χ0v) is 24.1. The lowest BCUT2D eigenvalue weighted by Gasteiger charge is -2.31. The van der Waals surface area contributed by atoms with Gasteiger partial charge in [0.25, 0.3) is 23.0 Å². The first-order valence-electron chi connectivity index (χ1n) is 12.7. The SMILES string of the molecule is O=C(Cn1nc(C(F)F)cc1C(F)F)N1CCC(c2nc(C3=NOC(c4c(Cl)cccc4CS(=O)(=O)O)C3)cs2)CC1. The average molecular weight is 650 g/mol. The van der Waals surface area contributed by atoms with Crippen molar-refractivity contribution in [1.82, 2.24) is 19.7 Å². The van der Waals surface area contributed by atoms with Crippen LogP contribution in [0.3, 0.4) is 0 Å². The molecular weight excluding hydrogens is 626 g/mol. The third kappa shape index (κ3) is 6.76. The van der Waals surface area contributed by atoms with Crippen molar-refractivity contribution < 1.29 is 40.2 Å². The van der Waals surface area contributed by atoms with Crippen LogP contribution in [0.1, 0.15) is 77.4 Å². The quantitative estimate of drug-likeness (QED) is 0.239. The van der Waals surface area contributed by atoms with Gasteiger partial charge in [0.1, 0.15) is 29.4 Å². The van der Waals surface area contributed by atoms with Crippen LogP contribution in [-0.2, 0) is 32.0 Å². The highest BCUT2D eigenvalue weighted by atomic mass is 35.5. The lowest BCUT2D eigenvalue weighted by Crippen LogP contribution is -2.40. The molecule has 1 aromatic carbocycles. The number of hydrogen-bond acceptors (Lipinski definition) is 8. The van der Waals surface area contributed by atoms with E-state index in [1.54, 1.807) is 18.2 Å². The minimum atomic E-state index is -4.30. The second kappa shape index (κ2) is 12.3. The smallest absolute Gasteiger partial charge is 0.282 e. The predicted molar refractivity (Wildman–Crippen MR) is 144 cm³/mol. The van der Waals surface area contributed by atoms with Crippen molar-refractivity contribution in [3.63, 3.8) is 0 Å². The van der Waals surface area contributed by atoms with E-state index in [-0.39, 0.29) is 17.4 Å². The summed E-state index contributed by atoms with van der Waals surface area (Å²) in [5.41, 5.74) is 0.334. The van der Waals surface area contributed by atoms with Crippen LogP contribution in [0, 0.1) is 0 Å². The Balaban J connectivity index is 1.19. The second-order valence-corrected chi connectivity index (χ2v) is 12.6. The number of oxime groups is 1. The monoisotopic (exact) mass is 649 g/mol. The molecule has 0 saturated carbocycles. The average Bonchev–Trinajstić information content (AvgIpc) is 3.68. The van der Waals surface area contributed by atoms with Gasteiger partial charge < -0.3 is 9.74 Å². The molecule has 226 valence electrons. The lowest BCUT2D eigenvalue weighted by atomic mass is 9.97. The number of benzene rings is 1. The zero-order valence-electron chi connectivity index (χ0n) is 21.7. The Labute approximate surface area is 246 Å². The molecule has 0 spiro atoms. The first-order chi connectivity index (χ1) is 19.9. The van der Waals surface area contributed by atoms with Gasteiger partial charge in [-0.2, -0.15) is 13.5 Å². The summed E-state index contributed by atoms with van der Waals surface area (Å²) in [6, 6.07) is 5.33. The zero-order chi connectivity index (χ0) is 30.2. The number of halogens is 5. The van der Waals surface area contributed by atoms with Crippen LogP contribution in [-0.4, -0.2) is 57.3 Å². The summed E-state index contributed by atoms with van der Waals surface area (Å²) in [5, 5.41) is 10.5. The highest BCUT2D eigenvalue weighted by Gasteiger charge is 2.32. The van der Waals surface area contributed by atoms with Gasteiger partial charge in [-0.15, -0.1) is 11.3 Å². The van der Waals surface area contributed by atoms with Crippen molar-refractivity contribution in [3.8, 4) is 0 Å². The molecule has 1 amide bonds. The molecule has 0 aliphatic carbocycles. The molecule has 42 heavy (non-hydrogen) atoms. The van der Waals surface area contributed by atoms with Crippen LogP contribution in [0.15, 0.2) is 34.8 Å². The molecule has 2 aliphatic rings. The standard InChI is InChI=1S/C25H24ClF4N5O5S2/c26-15-3-1-2-14(12-42(37,38)39)22(15)20-9-16(33-40-20)18-11-41-25(31-18)13-4-6-34(7-5-13)21(36)10-35-19(24(29)30)8-17(32-35)23(27)28/h1-3,8,11,13,20,23-24H,4-7,9-10,12H2,(H,37,38,39). The summed E-state index contributed by atoms with van der Waals surface area (Å²) in [4.78, 5) is 24.5. The van der Waals surface area contributed by atoms with Crippen LogP contribution in [0.5, 0.6) is 0 Å². The topological polar surface area (TPSA) is 127 Å².